The summed E-state index contributed by atoms with van der Waals surface area (Å²) < 4.78 is 43.3. The summed E-state index contributed by atoms with van der Waals surface area (Å²) in [5.41, 5.74) is 9.82. The quantitative estimate of drug-likeness (QED) is 0.241. The molecule has 3 aromatic heterocycles. The number of nitriles is 1. The van der Waals surface area contributed by atoms with Crippen molar-refractivity contribution in [3.63, 3.8) is 0 Å². The summed E-state index contributed by atoms with van der Waals surface area (Å²) in [5, 5.41) is 13.4. The Kier molecular flexibility index (Phi) is 9.21. The molecular formula is C32H36F2N6O2. The first kappa shape index (κ1) is 29.7. The smallest absolute Gasteiger partial charge is 0.135 e. The molecule has 4 aromatic rings. The highest BCUT2D eigenvalue weighted by molar-refractivity contribution is 5.63. The lowest BCUT2D eigenvalue weighted by atomic mass is 9.73. The van der Waals surface area contributed by atoms with Crippen molar-refractivity contribution in [1.29, 1.82) is 5.26 Å². The molecule has 2 N–H and O–H groups in total. The van der Waals surface area contributed by atoms with Crippen molar-refractivity contribution < 1.29 is 18.3 Å². The number of ether oxygens (including phenoxy) is 2. The number of fused-ring (bicyclic) bond motifs is 1. The number of pyridine rings is 1. The third-order valence-electron chi connectivity index (χ3n) is 7.85. The summed E-state index contributed by atoms with van der Waals surface area (Å²) in [6.45, 7) is 6.38. The fourth-order valence-corrected chi connectivity index (χ4v) is 5.90. The Labute approximate surface area is 244 Å². The number of nitrogens with zero attached hydrogens (tertiary/aromatic N) is 5. The predicted molar refractivity (Wildman–Crippen MR) is 154 cm³/mol. The second-order valence-electron chi connectivity index (χ2n) is 11.3. The van der Waals surface area contributed by atoms with E-state index in [1.165, 1.54) is 12.1 Å². The van der Waals surface area contributed by atoms with E-state index in [1.807, 2.05) is 26.1 Å². The van der Waals surface area contributed by atoms with Crippen molar-refractivity contribution in [2.24, 2.45) is 11.7 Å². The first-order chi connectivity index (χ1) is 20.2. The van der Waals surface area contributed by atoms with E-state index in [0.29, 0.717) is 36.4 Å². The fraction of sp³-hybridized carbons (Fsp3) is 0.438. The lowest BCUT2D eigenvalue weighted by Crippen LogP contribution is -2.46. The number of hydrogen-bond donors (Lipinski definition) is 1. The normalized spacial score (nSPS) is 20.7. The maximum absolute atomic E-state index is 15.1. The second kappa shape index (κ2) is 13.0. The SMILES string of the molecule is CC(C)OCc1cc(F)c(-c2ccc3cnc(Cc4cnccc4[C@H]4C[C@@H](N)[C@@H](OCCC#N)[C@@H](C)C4)n3n2)c(F)c1. The molecule has 220 valence electrons. The zero-order valence-corrected chi connectivity index (χ0v) is 24.1. The molecule has 1 aliphatic rings. The zero-order chi connectivity index (χ0) is 29.8. The van der Waals surface area contributed by atoms with Gasteiger partial charge in [-0.25, -0.2) is 18.3 Å². The second-order valence-corrected chi connectivity index (χ2v) is 11.3. The lowest BCUT2D eigenvalue weighted by molar-refractivity contribution is -0.0199. The molecule has 1 fully saturated rings. The van der Waals surface area contributed by atoms with E-state index in [9.17, 15) is 0 Å². The summed E-state index contributed by atoms with van der Waals surface area (Å²) in [6.07, 6.45) is 7.61. The molecule has 5 rings (SSSR count). The minimum atomic E-state index is -0.696. The van der Waals surface area contributed by atoms with Gasteiger partial charge in [-0.2, -0.15) is 10.4 Å². The molecule has 1 aromatic carbocycles. The van der Waals surface area contributed by atoms with Crippen molar-refractivity contribution in [3.05, 3.63) is 83.1 Å². The van der Waals surface area contributed by atoms with Crippen LogP contribution >= 0.6 is 0 Å². The van der Waals surface area contributed by atoms with Crippen LogP contribution in [0.4, 0.5) is 8.78 Å². The van der Waals surface area contributed by atoms with Crippen molar-refractivity contribution in [3.8, 4) is 17.3 Å². The third-order valence-corrected chi connectivity index (χ3v) is 7.85. The average Bonchev–Trinajstić information content (AvgIpc) is 3.35. The van der Waals surface area contributed by atoms with Crippen LogP contribution in [0.25, 0.3) is 16.8 Å². The summed E-state index contributed by atoms with van der Waals surface area (Å²) in [6, 6.07) is 9.93. The number of nitrogens with two attached hydrogens (primary N) is 1. The monoisotopic (exact) mass is 574 g/mol. The number of halogens is 2. The first-order valence-corrected chi connectivity index (χ1v) is 14.4. The molecule has 0 spiro atoms. The Bertz CT molecular complexity index is 1550. The molecule has 0 unspecified atom stereocenters. The first-order valence-electron chi connectivity index (χ1n) is 14.4. The highest BCUT2D eigenvalue weighted by Crippen LogP contribution is 2.38. The standard InChI is InChI=1S/C32H36F2N6O2/c1-19(2)42-18-21-12-26(33)31(27(34)13-21)29-6-5-24-17-38-30(40(24)39-29)15-23-16-37-9-7-25(23)22-11-20(3)32(28(36)14-22)41-10-4-8-35/h5-7,9,12-13,16-17,19-20,22,28,32H,4,10-11,14-15,18,36H2,1-3H3/t20-,22+,28+,32-/m0/s1. The Balaban J connectivity index is 1.40. The van der Waals surface area contributed by atoms with E-state index >= 15 is 8.78 Å². The van der Waals surface area contributed by atoms with Crippen LogP contribution in [0.3, 0.4) is 0 Å². The summed E-state index contributed by atoms with van der Waals surface area (Å²) >= 11 is 0. The summed E-state index contributed by atoms with van der Waals surface area (Å²) in [7, 11) is 0. The summed E-state index contributed by atoms with van der Waals surface area (Å²) in [5.74, 6) is -0.325. The van der Waals surface area contributed by atoms with Crippen LogP contribution in [-0.4, -0.2) is 44.4 Å². The number of aromatic nitrogens is 4. The van der Waals surface area contributed by atoms with Crippen molar-refractivity contribution in [1.82, 2.24) is 19.6 Å². The van der Waals surface area contributed by atoms with E-state index < -0.39 is 11.6 Å². The molecule has 0 bridgehead atoms. The molecule has 4 atom stereocenters. The molecule has 0 radical (unpaired) electrons. The molecular weight excluding hydrogens is 538 g/mol. The molecule has 3 heterocycles. The van der Waals surface area contributed by atoms with Gasteiger partial charge < -0.3 is 15.2 Å². The van der Waals surface area contributed by atoms with Crippen LogP contribution in [-0.2, 0) is 22.5 Å². The van der Waals surface area contributed by atoms with E-state index in [4.69, 9.17) is 20.5 Å². The van der Waals surface area contributed by atoms with Gasteiger partial charge in [-0.15, -0.1) is 0 Å². The zero-order valence-electron chi connectivity index (χ0n) is 24.1. The highest BCUT2D eigenvalue weighted by atomic mass is 19.1. The number of imidazole rings is 1. The van der Waals surface area contributed by atoms with Gasteiger partial charge in [0.1, 0.15) is 17.5 Å². The van der Waals surface area contributed by atoms with Gasteiger partial charge in [0.05, 0.1) is 60.9 Å². The molecule has 0 aliphatic heterocycles. The summed E-state index contributed by atoms with van der Waals surface area (Å²) in [4.78, 5) is 8.97. The van der Waals surface area contributed by atoms with Gasteiger partial charge >= 0.3 is 0 Å². The number of benzene rings is 1. The third kappa shape index (κ3) is 6.49. The van der Waals surface area contributed by atoms with Crippen molar-refractivity contribution in [2.75, 3.05) is 6.61 Å². The molecule has 10 heteroatoms. The molecule has 8 nitrogen and oxygen atoms in total. The average molecular weight is 575 g/mol. The predicted octanol–water partition coefficient (Wildman–Crippen LogP) is 5.72. The Morgan fingerprint density at radius 2 is 1.93 bits per heavy atom. The molecule has 0 saturated heterocycles. The Morgan fingerprint density at radius 1 is 1.14 bits per heavy atom. The van der Waals surface area contributed by atoms with E-state index in [2.05, 4.69) is 28.1 Å². The van der Waals surface area contributed by atoms with E-state index in [1.54, 1.807) is 29.0 Å². The number of hydrogen-bond acceptors (Lipinski definition) is 7. The van der Waals surface area contributed by atoms with Crippen LogP contribution in [0, 0.1) is 28.9 Å². The molecule has 0 amide bonds. The van der Waals surface area contributed by atoms with Crippen molar-refractivity contribution >= 4 is 5.52 Å². The minimum absolute atomic E-state index is 0.0517. The van der Waals surface area contributed by atoms with E-state index in [0.717, 1.165) is 24.0 Å². The topological polar surface area (TPSA) is 111 Å². The Hall–Kier alpha value is -3.78. The fourth-order valence-electron chi connectivity index (χ4n) is 5.90. The molecule has 42 heavy (non-hydrogen) atoms. The van der Waals surface area contributed by atoms with Crippen LogP contribution in [0.15, 0.2) is 48.9 Å². The van der Waals surface area contributed by atoms with Crippen molar-refractivity contribution in [2.45, 2.75) is 77.2 Å². The maximum Gasteiger partial charge on any atom is 0.135 e. The van der Waals surface area contributed by atoms with Gasteiger partial charge in [0.15, 0.2) is 0 Å². The highest BCUT2D eigenvalue weighted by Gasteiger charge is 2.35. The van der Waals surface area contributed by atoms with Gasteiger partial charge in [0.25, 0.3) is 0 Å². The van der Waals surface area contributed by atoms with Gasteiger partial charge in [-0.1, -0.05) is 6.92 Å². The molecule has 1 saturated carbocycles. The largest absolute Gasteiger partial charge is 0.375 e. The van der Waals surface area contributed by atoms with Crippen LogP contribution in [0.1, 0.15) is 68.5 Å². The minimum Gasteiger partial charge on any atom is -0.375 e. The van der Waals surface area contributed by atoms with E-state index in [-0.39, 0.29) is 47.9 Å². The maximum atomic E-state index is 15.1. The van der Waals surface area contributed by atoms with Crippen LogP contribution < -0.4 is 5.73 Å². The Morgan fingerprint density at radius 3 is 2.64 bits per heavy atom. The molecule has 1 aliphatic carbocycles. The lowest BCUT2D eigenvalue weighted by Gasteiger charge is -2.39. The number of rotatable bonds is 10. The van der Waals surface area contributed by atoms with Gasteiger partial charge in [-0.05, 0) is 85.5 Å². The van der Waals surface area contributed by atoms with Gasteiger partial charge in [0, 0.05) is 24.9 Å². The van der Waals surface area contributed by atoms with Gasteiger partial charge in [0.2, 0.25) is 0 Å². The van der Waals surface area contributed by atoms with Crippen LogP contribution in [0.5, 0.6) is 0 Å². The van der Waals surface area contributed by atoms with Crippen LogP contribution in [0.2, 0.25) is 0 Å². The van der Waals surface area contributed by atoms with Gasteiger partial charge in [-0.3, -0.25) is 4.98 Å².